The molecule has 0 fully saturated rings. The molecule has 0 atom stereocenters. The number of hydrogen-bond acceptors (Lipinski definition) is 8. The van der Waals surface area contributed by atoms with Crippen molar-refractivity contribution in [1.29, 1.82) is 0 Å². The van der Waals surface area contributed by atoms with Gasteiger partial charge in [0.15, 0.2) is 6.61 Å². The fourth-order valence-electron chi connectivity index (χ4n) is 2.67. The molecule has 0 aromatic heterocycles. The van der Waals surface area contributed by atoms with Crippen molar-refractivity contribution in [3.8, 4) is 17.2 Å². The number of amides is 1. The molecule has 0 saturated heterocycles. The Balaban J connectivity index is 1.44. The SMILES string of the molecule is CCOc1ccc(C(=O)Oc2ccc(C=NNC(=O)COc3ccc([N+](=O)[O-])cc3)cc2)cc1. The number of carbonyl (C=O) groups is 2. The van der Waals surface area contributed by atoms with Crippen LogP contribution in [0.5, 0.6) is 17.2 Å². The first-order valence-electron chi connectivity index (χ1n) is 10.2. The molecule has 3 aromatic carbocycles. The van der Waals surface area contributed by atoms with Gasteiger partial charge in [-0.15, -0.1) is 0 Å². The van der Waals surface area contributed by atoms with Crippen LogP contribution in [-0.4, -0.2) is 36.2 Å². The van der Waals surface area contributed by atoms with E-state index in [0.29, 0.717) is 35.0 Å². The highest BCUT2D eigenvalue weighted by atomic mass is 16.6. The Morgan fingerprint density at radius 1 is 0.912 bits per heavy atom. The Bertz CT molecular complexity index is 1160. The zero-order valence-electron chi connectivity index (χ0n) is 18.2. The first-order valence-corrected chi connectivity index (χ1v) is 10.2. The van der Waals surface area contributed by atoms with Crippen molar-refractivity contribution in [1.82, 2.24) is 5.43 Å². The lowest BCUT2D eigenvalue weighted by Crippen LogP contribution is -2.24. The summed E-state index contributed by atoms with van der Waals surface area (Å²) < 4.78 is 15.9. The third-order valence-corrected chi connectivity index (χ3v) is 4.31. The maximum absolute atomic E-state index is 12.2. The number of rotatable bonds is 10. The fourth-order valence-corrected chi connectivity index (χ4v) is 2.67. The van der Waals surface area contributed by atoms with Gasteiger partial charge in [-0.25, -0.2) is 10.2 Å². The van der Waals surface area contributed by atoms with Gasteiger partial charge in [0, 0.05) is 12.1 Å². The molecule has 0 aliphatic heterocycles. The smallest absolute Gasteiger partial charge is 0.343 e. The summed E-state index contributed by atoms with van der Waals surface area (Å²) in [4.78, 5) is 34.2. The summed E-state index contributed by atoms with van der Waals surface area (Å²) in [5.74, 6) is 0.351. The van der Waals surface area contributed by atoms with Crippen LogP contribution in [0.25, 0.3) is 0 Å². The van der Waals surface area contributed by atoms with Crippen molar-refractivity contribution < 1.29 is 28.7 Å². The second kappa shape index (κ2) is 11.8. The Hall–Kier alpha value is -4.73. The van der Waals surface area contributed by atoms with Crippen molar-refractivity contribution >= 4 is 23.8 Å². The Kier molecular flexibility index (Phi) is 8.28. The topological polar surface area (TPSA) is 129 Å². The van der Waals surface area contributed by atoms with E-state index in [4.69, 9.17) is 14.2 Å². The van der Waals surface area contributed by atoms with Crippen LogP contribution in [0.15, 0.2) is 77.9 Å². The van der Waals surface area contributed by atoms with E-state index in [1.165, 1.54) is 30.5 Å². The number of nitrogens with zero attached hydrogens (tertiary/aromatic N) is 2. The summed E-state index contributed by atoms with van der Waals surface area (Å²) in [5, 5.41) is 14.5. The van der Waals surface area contributed by atoms with Gasteiger partial charge in [0.05, 0.1) is 23.3 Å². The fraction of sp³-hybridized carbons (Fsp3) is 0.125. The van der Waals surface area contributed by atoms with Crippen LogP contribution in [0.4, 0.5) is 5.69 Å². The van der Waals surface area contributed by atoms with Crippen LogP contribution < -0.4 is 19.6 Å². The molecule has 0 aliphatic carbocycles. The molecule has 0 bridgehead atoms. The van der Waals surface area contributed by atoms with E-state index in [0.717, 1.165) is 0 Å². The molecule has 0 heterocycles. The molecule has 3 aromatic rings. The summed E-state index contributed by atoms with van der Waals surface area (Å²) in [6, 6.07) is 18.6. The van der Waals surface area contributed by atoms with E-state index in [1.54, 1.807) is 48.5 Å². The number of ether oxygens (including phenoxy) is 3. The summed E-state index contributed by atoms with van der Waals surface area (Å²) in [7, 11) is 0. The van der Waals surface area contributed by atoms with Crippen LogP contribution in [0.2, 0.25) is 0 Å². The third-order valence-electron chi connectivity index (χ3n) is 4.31. The number of non-ortho nitro benzene ring substituents is 1. The molecular formula is C24H21N3O7. The van der Waals surface area contributed by atoms with E-state index in [1.807, 2.05) is 6.92 Å². The average Bonchev–Trinajstić information content (AvgIpc) is 2.84. The van der Waals surface area contributed by atoms with Crippen molar-refractivity contribution in [2.45, 2.75) is 6.92 Å². The predicted molar refractivity (Wildman–Crippen MR) is 123 cm³/mol. The lowest BCUT2D eigenvalue weighted by Gasteiger charge is -2.06. The van der Waals surface area contributed by atoms with Gasteiger partial charge >= 0.3 is 5.97 Å². The standard InChI is InChI=1S/C24H21N3O7/c1-2-32-20-11-5-18(6-12-20)24(29)34-22-9-3-17(4-10-22)15-25-26-23(28)16-33-21-13-7-19(8-14-21)27(30)31/h3-15H,2,16H2,1H3,(H,26,28). The first kappa shape index (κ1) is 23.9. The number of nitrogens with one attached hydrogen (secondary N) is 1. The summed E-state index contributed by atoms with van der Waals surface area (Å²) in [5.41, 5.74) is 3.30. The highest BCUT2D eigenvalue weighted by Crippen LogP contribution is 2.18. The normalized spacial score (nSPS) is 10.5. The predicted octanol–water partition coefficient (Wildman–Crippen LogP) is 3.74. The molecule has 1 N–H and O–H groups in total. The van der Waals surface area contributed by atoms with Gasteiger partial charge < -0.3 is 14.2 Å². The molecule has 10 nitrogen and oxygen atoms in total. The van der Waals surface area contributed by atoms with Crippen molar-refractivity contribution in [2.75, 3.05) is 13.2 Å². The van der Waals surface area contributed by atoms with Gasteiger partial charge in [0.25, 0.3) is 11.6 Å². The minimum absolute atomic E-state index is 0.0710. The number of benzene rings is 3. The number of hydrogen-bond donors (Lipinski definition) is 1. The monoisotopic (exact) mass is 463 g/mol. The first-order chi connectivity index (χ1) is 16.4. The minimum atomic E-state index is -0.524. The molecule has 0 radical (unpaired) electrons. The average molecular weight is 463 g/mol. The van der Waals surface area contributed by atoms with E-state index >= 15 is 0 Å². The quantitative estimate of drug-likeness (QED) is 0.159. The second-order valence-electron chi connectivity index (χ2n) is 6.75. The third kappa shape index (κ3) is 7.16. The zero-order valence-corrected chi connectivity index (χ0v) is 18.2. The van der Waals surface area contributed by atoms with E-state index in [-0.39, 0.29) is 12.3 Å². The number of nitro benzene ring substituents is 1. The lowest BCUT2D eigenvalue weighted by molar-refractivity contribution is -0.384. The molecule has 1 amide bonds. The largest absolute Gasteiger partial charge is 0.494 e. The highest BCUT2D eigenvalue weighted by molar-refractivity contribution is 5.91. The molecule has 34 heavy (non-hydrogen) atoms. The zero-order chi connectivity index (χ0) is 24.3. The van der Waals surface area contributed by atoms with E-state index in [2.05, 4.69) is 10.5 Å². The van der Waals surface area contributed by atoms with Crippen LogP contribution in [-0.2, 0) is 4.79 Å². The van der Waals surface area contributed by atoms with E-state index in [9.17, 15) is 19.7 Å². The van der Waals surface area contributed by atoms with Gasteiger partial charge in [-0.05, 0) is 73.2 Å². The second-order valence-corrected chi connectivity index (χ2v) is 6.75. The number of hydrazone groups is 1. The van der Waals surface area contributed by atoms with Gasteiger partial charge in [-0.1, -0.05) is 0 Å². The summed E-state index contributed by atoms with van der Waals surface area (Å²) in [6.07, 6.45) is 1.42. The van der Waals surface area contributed by atoms with E-state index < -0.39 is 16.8 Å². The van der Waals surface area contributed by atoms with Crippen molar-refractivity contribution in [3.63, 3.8) is 0 Å². The van der Waals surface area contributed by atoms with Crippen LogP contribution in [0, 0.1) is 10.1 Å². The number of nitro groups is 1. The Morgan fingerprint density at radius 2 is 1.50 bits per heavy atom. The molecule has 10 heteroatoms. The molecule has 3 rings (SSSR count). The van der Waals surface area contributed by atoms with Crippen LogP contribution >= 0.6 is 0 Å². The Morgan fingerprint density at radius 3 is 2.12 bits per heavy atom. The van der Waals surface area contributed by atoms with Crippen molar-refractivity contribution in [2.24, 2.45) is 5.10 Å². The van der Waals surface area contributed by atoms with Crippen molar-refractivity contribution in [3.05, 3.63) is 94.0 Å². The molecule has 0 unspecified atom stereocenters. The summed E-state index contributed by atoms with van der Waals surface area (Å²) >= 11 is 0. The molecule has 0 spiro atoms. The maximum atomic E-state index is 12.2. The molecule has 174 valence electrons. The molecular weight excluding hydrogens is 442 g/mol. The maximum Gasteiger partial charge on any atom is 0.343 e. The molecule has 0 aliphatic rings. The number of carbonyl (C=O) groups excluding carboxylic acids is 2. The van der Waals surface area contributed by atoms with Gasteiger partial charge in [0.2, 0.25) is 0 Å². The van der Waals surface area contributed by atoms with Gasteiger partial charge in [0.1, 0.15) is 17.2 Å². The lowest BCUT2D eigenvalue weighted by atomic mass is 10.2. The van der Waals surface area contributed by atoms with Gasteiger partial charge in [-0.3, -0.25) is 14.9 Å². The van der Waals surface area contributed by atoms with Crippen LogP contribution in [0.3, 0.4) is 0 Å². The molecule has 0 saturated carbocycles. The Labute approximate surface area is 194 Å². The van der Waals surface area contributed by atoms with Gasteiger partial charge in [-0.2, -0.15) is 5.10 Å². The summed E-state index contributed by atoms with van der Waals surface area (Å²) in [6.45, 7) is 2.11. The minimum Gasteiger partial charge on any atom is -0.494 e. The van der Waals surface area contributed by atoms with Crippen LogP contribution in [0.1, 0.15) is 22.8 Å². The highest BCUT2D eigenvalue weighted by Gasteiger charge is 2.09. The number of esters is 1.